The zero-order valence-corrected chi connectivity index (χ0v) is 12.0. The lowest BCUT2D eigenvalue weighted by molar-refractivity contribution is -0.469. The SMILES string of the molecule is CC[C@H]1O[C@]2(OC)CCCC[C@@]2(OC)O[C@@H]1CC. The monoisotopic (exact) mass is 258 g/mol. The molecule has 1 aliphatic carbocycles. The third-order valence-corrected chi connectivity index (χ3v) is 4.40. The van der Waals surface area contributed by atoms with E-state index in [1.165, 1.54) is 0 Å². The van der Waals surface area contributed by atoms with Crippen LogP contribution < -0.4 is 0 Å². The van der Waals surface area contributed by atoms with E-state index in [1.54, 1.807) is 14.2 Å². The van der Waals surface area contributed by atoms with Gasteiger partial charge in [-0.25, -0.2) is 0 Å². The highest BCUT2D eigenvalue weighted by Crippen LogP contribution is 2.49. The fourth-order valence-corrected chi connectivity index (χ4v) is 3.34. The first-order valence-electron chi connectivity index (χ1n) is 7.13. The van der Waals surface area contributed by atoms with Crippen molar-refractivity contribution in [3.05, 3.63) is 0 Å². The second-order valence-corrected chi connectivity index (χ2v) is 5.25. The molecule has 18 heavy (non-hydrogen) atoms. The van der Waals surface area contributed by atoms with Gasteiger partial charge in [-0.15, -0.1) is 0 Å². The molecule has 4 nitrogen and oxygen atoms in total. The van der Waals surface area contributed by atoms with Crippen molar-refractivity contribution in [1.29, 1.82) is 0 Å². The maximum Gasteiger partial charge on any atom is 0.223 e. The molecular weight excluding hydrogens is 232 g/mol. The van der Waals surface area contributed by atoms with Crippen molar-refractivity contribution in [3.63, 3.8) is 0 Å². The summed E-state index contributed by atoms with van der Waals surface area (Å²) in [7, 11) is 3.39. The molecular formula is C14H26O4. The van der Waals surface area contributed by atoms with E-state index in [2.05, 4.69) is 13.8 Å². The predicted molar refractivity (Wildman–Crippen MR) is 68.3 cm³/mol. The number of hydrogen-bond acceptors (Lipinski definition) is 4. The molecule has 0 aromatic rings. The maximum atomic E-state index is 6.30. The minimum absolute atomic E-state index is 0.0938. The Morgan fingerprint density at radius 2 is 1.28 bits per heavy atom. The van der Waals surface area contributed by atoms with E-state index in [0.717, 1.165) is 38.5 Å². The third kappa shape index (κ3) is 1.99. The van der Waals surface area contributed by atoms with Gasteiger partial charge in [0.05, 0.1) is 12.2 Å². The van der Waals surface area contributed by atoms with Crippen LogP contribution in [-0.4, -0.2) is 38.0 Å². The summed E-state index contributed by atoms with van der Waals surface area (Å²) in [4.78, 5) is 0. The van der Waals surface area contributed by atoms with Gasteiger partial charge < -0.3 is 18.9 Å². The predicted octanol–water partition coefficient (Wildman–Crippen LogP) is 2.85. The van der Waals surface area contributed by atoms with Crippen molar-refractivity contribution in [3.8, 4) is 0 Å². The van der Waals surface area contributed by atoms with Crippen LogP contribution in [0.15, 0.2) is 0 Å². The van der Waals surface area contributed by atoms with E-state index >= 15 is 0 Å². The van der Waals surface area contributed by atoms with E-state index < -0.39 is 11.6 Å². The van der Waals surface area contributed by atoms with Crippen molar-refractivity contribution in [1.82, 2.24) is 0 Å². The van der Waals surface area contributed by atoms with Crippen LogP contribution >= 0.6 is 0 Å². The highest BCUT2D eigenvalue weighted by molar-refractivity contribution is 4.98. The summed E-state index contributed by atoms with van der Waals surface area (Å²) in [6, 6.07) is 0. The Bertz CT molecular complexity index is 255. The second-order valence-electron chi connectivity index (χ2n) is 5.25. The standard InChI is InChI=1S/C14H26O4/c1-5-11-12(6-2)18-14(16-4)10-8-7-9-13(14,15-3)17-11/h11-12H,5-10H2,1-4H3/t11-,12-,13-,14-/m1/s1. The normalized spacial score (nSPS) is 44.7. The zero-order chi connectivity index (χ0) is 13.2. The lowest BCUT2D eigenvalue weighted by Gasteiger charge is -2.56. The zero-order valence-electron chi connectivity index (χ0n) is 12.0. The molecule has 4 heteroatoms. The van der Waals surface area contributed by atoms with Crippen LogP contribution in [0.4, 0.5) is 0 Å². The number of ether oxygens (including phenoxy) is 4. The van der Waals surface area contributed by atoms with Gasteiger partial charge in [0.1, 0.15) is 0 Å². The first-order valence-corrected chi connectivity index (χ1v) is 7.13. The van der Waals surface area contributed by atoms with Gasteiger partial charge in [0, 0.05) is 27.1 Å². The molecule has 0 amide bonds. The summed E-state index contributed by atoms with van der Waals surface area (Å²) < 4.78 is 24.1. The molecule has 1 saturated heterocycles. The molecule has 0 bridgehead atoms. The molecule has 0 aromatic heterocycles. The molecule has 1 saturated carbocycles. The second kappa shape index (κ2) is 5.45. The smallest absolute Gasteiger partial charge is 0.223 e. The van der Waals surface area contributed by atoms with Crippen molar-refractivity contribution >= 4 is 0 Å². The summed E-state index contributed by atoms with van der Waals surface area (Å²) in [6.07, 6.45) is 5.92. The minimum atomic E-state index is -0.730. The summed E-state index contributed by atoms with van der Waals surface area (Å²) >= 11 is 0. The van der Waals surface area contributed by atoms with Crippen LogP contribution in [0.3, 0.4) is 0 Å². The Labute approximate surface area is 110 Å². The van der Waals surface area contributed by atoms with E-state index in [0.29, 0.717) is 0 Å². The molecule has 106 valence electrons. The van der Waals surface area contributed by atoms with Crippen LogP contribution in [0.1, 0.15) is 52.4 Å². The lowest BCUT2D eigenvalue weighted by Crippen LogP contribution is -2.68. The van der Waals surface area contributed by atoms with Crippen molar-refractivity contribution in [2.45, 2.75) is 76.2 Å². The molecule has 0 radical (unpaired) electrons. The maximum absolute atomic E-state index is 6.30. The van der Waals surface area contributed by atoms with Crippen LogP contribution in [-0.2, 0) is 18.9 Å². The minimum Gasteiger partial charge on any atom is -0.349 e. The largest absolute Gasteiger partial charge is 0.349 e. The average Bonchev–Trinajstić information content (AvgIpc) is 2.45. The Balaban J connectivity index is 2.31. The Hall–Kier alpha value is -0.160. The fourth-order valence-electron chi connectivity index (χ4n) is 3.34. The number of methoxy groups -OCH3 is 2. The first kappa shape index (κ1) is 14.3. The van der Waals surface area contributed by atoms with E-state index in [1.807, 2.05) is 0 Å². The molecule has 4 atom stereocenters. The van der Waals surface area contributed by atoms with Crippen LogP contribution in [0.25, 0.3) is 0 Å². The quantitative estimate of drug-likeness (QED) is 0.777. The highest BCUT2D eigenvalue weighted by Gasteiger charge is 2.62. The van der Waals surface area contributed by atoms with Gasteiger partial charge in [-0.2, -0.15) is 0 Å². The van der Waals surface area contributed by atoms with Crippen LogP contribution in [0.5, 0.6) is 0 Å². The third-order valence-electron chi connectivity index (χ3n) is 4.40. The Morgan fingerprint density at radius 3 is 1.56 bits per heavy atom. The molecule has 2 fully saturated rings. The highest BCUT2D eigenvalue weighted by atomic mass is 16.8. The summed E-state index contributed by atoms with van der Waals surface area (Å²) in [5, 5.41) is 0. The van der Waals surface area contributed by atoms with Gasteiger partial charge in [0.25, 0.3) is 0 Å². The van der Waals surface area contributed by atoms with Gasteiger partial charge in [0.15, 0.2) is 0 Å². The van der Waals surface area contributed by atoms with E-state index in [9.17, 15) is 0 Å². The first-order chi connectivity index (χ1) is 8.67. The summed E-state index contributed by atoms with van der Waals surface area (Å²) in [6.45, 7) is 4.26. The van der Waals surface area contributed by atoms with E-state index in [4.69, 9.17) is 18.9 Å². The van der Waals surface area contributed by atoms with Crippen LogP contribution in [0.2, 0.25) is 0 Å². The molecule has 0 unspecified atom stereocenters. The van der Waals surface area contributed by atoms with Crippen molar-refractivity contribution < 1.29 is 18.9 Å². The number of fused-ring (bicyclic) bond motifs is 1. The average molecular weight is 258 g/mol. The molecule has 2 aliphatic rings. The molecule has 2 rings (SSSR count). The molecule has 0 N–H and O–H groups in total. The van der Waals surface area contributed by atoms with Gasteiger partial charge in [-0.1, -0.05) is 13.8 Å². The molecule has 1 aliphatic heterocycles. The fraction of sp³-hybridized carbons (Fsp3) is 1.00. The summed E-state index contributed by atoms with van der Waals surface area (Å²) in [5.74, 6) is -1.46. The van der Waals surface area contributed by atoms with Gasteiger partial charge >= 0.3 is 0 Å². The van der Waals surface area contributed by atoms with E-state index in [-0.39, 0.29) is 12.2 Å². The molecule has 1 heterocycles. The van der Waals surface area contributed by atoms with Gasteiger partial charge in [-0.3, -0.25) is 0 Å². The lowest BCUT2D eigenvalue weighted by atomic mass is 9.85. The number of rotatable bonds is 4. The topological polar surface area (TPSA) is 36.9 Å². The van der Waals surface area contributed by atoms with Crippen LogP contribution in [0, 0.1) is 0 Å². The number of hydrogen-bond donors (Lipinski definition) is 0. The van der Waals surface area contributed by atoms with Crippen molar-refractivity contribution in [2.24, 2.45) is 0 Å². The molecule has 0 spiro atoms. The van der Waals surface area contributed by atoms with Crippen molar-refractivity contribution in [2.75, 3.05) is 14.2 Å². The van der Waals surface area contributed by atoms with Gasteiger partial charge in [-0.05, 0) is 25.7 Å². The summed E-state index contributed by atoms with van der Waals surface area (Å²) in [5.41, 5.74) is 0. The Kier molecular flexibility index (Phi) is 4.32. The molecule has 0 aromatic carbocycles. The Morgan fingerprint density at radius 1 is 0.889 bits per heavy atom. The van der Waals surface area contributed by atoms with Gasteiger partial charge in [0.2, 0.25) is 11.6 Å².